The van der Waals surface area contributed by atoms with Crippen LogP contribution in [0.15, 0.2) is 115 Å². The smallest absolute Gasteiger partial charge is 0.0474 e. The molecule has 0 saturated heterocycles. The second-order valence-corrected chi connectivity index (χ2v) is 17.7. The van der Waals surface area contributed by atoms with Crippen molar-refractivity contribution < 1.29 is 0 Å². The third kappa shape index (κ3) is 4.24. The molecule has 0 N–H and O–H groups in total. The van der Waals surface area contributed by atoms with Gasteiger partial charge in [-0.3, -0.25) is 0 Å². The van der Waals surface area contributed by atoms with Gasteiger partial charge in [0.1, 0.15) is 0 Å². The first kappa shape index (κ1) is 29.8. The molecular formula is C48H49N. The Morgan fingerprint density at radius 2 is 1.06 bits per heavy atom. The van der Waals surface area contributed by atoms with Gasteiger partial charge in [-0.2, -0.15) is 0 Å². The van der Waals surface area contributed by atoms with Crippen LogP contribution in [0.25, 0.3) is 22.3 Å². The minimum absolute atomic E-state index is 0.113. The van der Waals surface area contributed by atoms with E-state index in [-0.39, 0.29) is 16.2 Å². The number of para-hydroxylation sites is 1. The average molecular weight is 640 g/mol. The summed E-state index contributed by atoms with van der Waals surface area (Å²) >= 11 is 0. The van der Waals surface area contributed by atoms with Crippen molar-refractivity contribution in [2.45, 2.75) is 88.9 Å². The van der Waals surface area contributed by atoms with Crippen LogP contribution in [0.4, 0.5) is 17.1 Å². The molecule has 11 rings (SSSR count). The molecule has 1 spiro atoms. The minimum atomic E-state index is 0.113. The standard InChI is InChI=1S/C48H49N/c1-46(2)21-22-47(3,4)44-30-37(19-20-43(44)46)49(36-15-9-6-10-16-36)38-28-40(33-13-7-5-8-14-33)45-41(29-38)39-17-11-12-18-42(39)48(45)34-24-31-23-32(26-34)27-35(48)25-31/h5-20,28-32,34-35H,21-27H2,1-4H3. The zero-order chi connectivity index (χ0) is 33.1. The van der Waals surface area contributed by atoms with Gasteiger partial charge in [-0.1, -0.05) is 107 Å². The monoisotopic (exact) mass is 639 g/mol. The van der Waals surface area contributed by atoms with Crippen LogP contribution in [0.1, 0.15) is 94.9 Å². The van der Waals surface area contributed by atoms with E-state index in [2.05, 4.69) is 148 Å². The lowest BCUT2D eigenvalue weighted by Gasteiger charge is -2.61. The Morgan fingerprint density at radius 1 is 0.469 bits per heavy atom. The molecule has 5 aromatic carbocycles. The number of anilines is 3. The molecule has 0 aromatic heterocycles. The summed E-state index contributed by atoms with van der Waals surface area (Å²) in [5, 5.41) is 0. The molecule has 0 unspecified atom stereocenters. The molecule has 0 atom stereocenters. The van der Waals surface area contributed by atoms with E-state index in [9.17, 15) is 0 Å². The molecule has 4 saturated carbocycles. The summed E-state index contributed by atoms with van der Waals surface area (Å²) in [7, 11) is 0. The van der Waals surface area contributed by atoms with E-state index in [1.165, 1.54) is 95.4 Å². The highest BCUT2D eigenvalue weighted by molar-refractivity contribution is 5.94. The number of hydrogen-bond donors (Lipinski definition) is 0. The largest absolute Gasteiger partial charge is 0.310 e. The van der Waals surface area contributed by atoms with Crippen molar-refractivity contribution in [2.75, 3.05) is 4.90 Å². The first-order valence-electron chi connectivity index (χ1n) is 19.1. The van der Waals surface area contributed by atoms with Crippen LogP contribution >= 0.6 is 0 Å². The molecule has 4 fully saturated rings. The maximum atomic E-state index is 2.59. The summed E-state index contributed by atoms with van der Waals surface area (Å²) in [5.41, 5.74) is 16.2. The zero-order valence-electron chi connectivity index (χ0n) is 29.7. The molecule has 0 amide bonds. The Hall–Kier alpha value is -4.10. The Kier molecular flexibility index (Phi) is 6.36. The summed E-state index contributed by atoms with van der Waals surface area (Å²) in [4.78, 5) is 2.55. The lowest BCUT2D eigenvalue weighted by molar-refractivity contribution is -0.0397. The van der Waals surface area contributed by atoms with Gasteiger partial charge in [0.05, 0.1) is 0 Å². The minimum Gasteiger partial charge on any atom is -0.310 e. The summed E-state index contributed by atoms with van der Waals surface area (Å²) in [6, 6.07) is 44.6. The van der Waals surface area contributed by atoms with Crippen molar-refractivity contribution in [2.24, 2.45) is 23.7 Å². The van der Waals surface area contributed by atoms with E-state index in [0.29, 0.717) is 0 Å². The van der Waals surface area contributed by atoms with Crippen LogP contribution in [-0.4, -0.2) is 0 Å². The van der Waals surface area contributed by atoms with Crippen LogP contribution in [0.2, 0.25) is 0 Å². The van der Waals surface area contributed by atoms with Crippen LogP contribution < -0.4 is 4.90 Å². The van der Waals surface area contributed by atoms with E-state index >= 15 is 0 Å². The van der Waals surface area contributed by atoms with Crippen LogP contribution in [0.3, 0.4) is 0 Å². The summed E-state index contributed by atoms with van der Waals surface area (Å²) in [5.74, 6) is 3.32. The Morgan fingerprint density at radius 3 is 1.76 bits per heavy atom. The normalized spacial score (nSPS) is 27.8. The number of nitrogens with zero attached hydrogens (tertiary/aromatic N) is 1. The predicted molar refractivity (Wildman–Crippen MR) is 205 cm³/mol. The Labute approximate surface area is 293 Å². The van der Waals surface area contributed by atoms with Gasteiger partial charge in [-0.25, -0.2) is 0 Å². The van der Waals surface area contributed by atoms with Gasteiger partial charge >= 0.3 is 0 Å². The first-order valence-corrected chi connectivity index (χ1v) is 19.1. The van der Waals surface area contributed by atoms with Gasteiger partial charge in [-0.15, -0.1) is 0 Å². The number of fused-ring (bicyclic) bond motifs is 4. The fourth-order valence-electron chi connectivity index (χ4n) is 12.0. The van der Waals surface area contributed by atoms with E-state index < -0.39 is 0 Å². The second-order valence-electron chi connectivity index (χ2n) is 17.7. The molecule has 5 aromatic rings. The number of rotatable bonds is 4. The van der Waals surface area contributed by atoms with Crippen molar-refractivity contribution in [3.63, 3.8) is 0 Å². The maximum absolute atomic E-state index is 2.59. The predicted octanol–water partition coefficient (Wildman–Crippen LogP) is 12.9. The van der Waals surface area contributed by atoms with Gasteiger partial charge < -0.3 is 4.90 Å². The van der Waals surface area contributed by atoms with E-state index in [1.807, 2.05) is 0 Å². The fraction of sp³-hybridized carbons (Fsp3) is 0.375. The summed E-state index contributed by atoms with van der Waals surface area (Å²) in [6.45, 7) is 9.75. The molecule has 1 heteroatoms. The van der Waals surface area contributed by atoms with Crippen LogP contribution in [0, 0.1) is 23.7 Å². The SMILES string of the molecule is CC1(C)CCC(C)(C)c2cc(N(c3ccccc3)c3cc(-c4ccccc4)c4c(c3)-c3ccccc3C43C4CC5CC(C4)CC3C5)ccc21. The fourth-order valence-corrected chi connectivity index (χ4v) is 12.0. The van der Waals surface area contributed by atoms with E-state index in [1.54, 1.807) is 11.1 Å². The zero-order valence-corrected chi connectivity index (χ0v) is 29.7. The second kappa shape index (κ2) is 10.5. The van der Waals surface area contributed by atoms with E-state index in [4.69, 9.17) is 0 Å². The van der Waals surface area contributed by atoms with E-state index in [0.717, 1.165) is 23.7 Å². The molecule has 1 nitrogen and oxygen atoms in total. The van der Waals surface area contributed by atoms with Crippen molar-refractivity contribution in [3.8, 4) is 22.3 Å². The highest BCUT2D eigenvalue weighted by atomic mass is 15.1. The number of hydrogen-bond acceptors (Lipinski definition) is 1. The lowest BCUT2D eigenvalue weighted by Crippen LogP contribution is -2.55. The molecular weight excluding hydrogens is 591 g/mol. The van der Waals surface area contributed by atoms with Crippen LogP contribution in [-0.2, 0) is 16.2 Å². The molecule has 0 aliphatic heterocycles. The molecule has 6 aliphatic rings. The van der Waals surface area contributed by atoms with Gasteiger partial charge in [0.15, 0.2) is 0 Å². The number of benzene rings is 5. The van der Waals surface area contributed by atoms with Crippen LogP contribution in [0.5, 0.6) is 0 Å². The van der Waals surface area contributed by atoms with Gasteiger partial charge in [0, 0.05) is 22.5 Å². The molecule has 6 aliphatic carbocycles. The topological polar surface area (TPSA) is 3.24 Å². The van der Waals surface area contributed by atoms with Crippen molar-refractivity contribution >= 4 is 17.1 Å². The lowest BCUT2D eigenvalue weighted by atomic mass is 9.42. The molecule has 4 bridgehead atoms. The summed E-state index contributed by atoms with van der Waals surface area (Å²) < 4.78 is 0. The highest BCUT2D eigenvalue weighted by Gasteiger charge is 2.62. The van der Waals surface area contributed by atoms with Gasteiger partial charge in [0.25, 0.3) is 0 Å². The molecule has 0 radical (unpaired) electrons. The molecule has 246 valence electrons. The average Bonchev–Trinajstić information content (AvgIpc) is 3.40. The summed E-state index contributed by atoms with van der Waals surface area (Å²) in [6.07, 6.45) is 9.50. The van der Waals surface area contributed by atoms with Crippen molar-refractivity contribution in [1.82, 2.24) is 0 Å². The first-order chi connectivity index (χ1) is 23.7. The third-order valence-corrected chi connectivity index (χ3v) is 14.1. The maximum Gasteiger partial charge on any atom is 0.0474 e. The Balaban J connectivity index is 1.25. The highest BCUT2D eigenvalue weighted by Crippen LogP contribution is 2.71. The molecule has 0 heterocycles. The quantitative estimate of drug-likeness (QED) is 0.189. The third-order valence-electron chi connectivity index (χ3n) is 14.1. The van der Waals surface area contributed by atoms with Crippen molar-refractivity contribution in [1.29, 1.82) is 0 Å². The van der Waals surface area contributed by atoms with Gasteiger partial charge in [-0.05, 0) is 160 Å². The van der Waals surface area contributed by atoms with Crippen molar-refractivity contribution in [3.05, 3.63) is 138 Å². The Bertz CT molecular complexity index is 2060. The molecule has 49 heavy (non-hydrogen) atoms. The van der Waals surface area contributed by atoms with Gasteiger partial charge in [0.2, 0.25) is 0 Å².